The number of nitrogens with zero attached hydrogens (tertiary/aromatic N) is 1. The van der Waals surface area contributed by atoms with Gasteiger partial charge in [0.2, 0.25) is 11.8 Å². The molecule has 2 N–H and O–H groups in total. The third-order valence-corrected chi connectivity index (χ3v) is 9.27. The number of imide groups is 1. The number of hydrogen-bond acceptors (Lipinski definition) is 7. The highest BCUT2D eigenvalue weighted by atomic mass is 35.5. The Labute approximate surface area is 240 Å². The minimum absolute atomic E-state index is 0.252. The Morgan fingerprint density at radius 2 is 1.77 bits per heavy atom. The molecular weight excluding hydrogens is 577 g/mol. The predicted molar refractivity (Wildman–Crippen MR) is 151 cm³/mol. The van der Waals surface area contributed by atoms with Gasteiger partial charge in [0.05, 0.1) is 16.6 Å². The van der Waals surface area contributed by atoms with Gasteiger partial charge in [-0.15, -0.1) is 0 Å². The van der Waals surface area contributed by atoms with Gasteiger partial charge in [0, 0.05) is 27.1 Å². The van der Waals surface area contributed by atoms with Crippen LogP contribution in [0.15, 0.2) is 82.6 Å². The number of fused-ring (bicyclic) bond motifs is 2. The zero-order valence-electron chi connectivity index (χ0n) is 20.4. The third-order valence-electron chi connectivity index (χ3n) is 6.63. The SMILES string of the molecule is O=C(COc1ccc(Cl)cc1[C@@H]1c2sc(=O)[nH]c2S[C@H]2C(=O)N(c3ccc(F)cc3)C(=O)[C@@H]12)Nc1ccccc1. The quantitative estimate of drug-likeness (QED) is 0.302. The first-order valence-electron chi connectivity index (χ1n) is 12.1. The summed E-state index contributed by atoms with van der Waals surface area (Å²) in [5.41, 5.74) is 1.33. The molecule has 2 aliphatic rings. The van der Waals surface area contributed by atoms with Crippen molar-refractivity contribution in [1.29, 1.82) is 0 Å². The third kappa shape index (κ3) is 4.80. The van der Waals surface area contributed by atoms with E-state index in [0.29, 0.717) is 26.2 Å². The van der Waals surface area contributed by atoms with E-state index in [9.17, 15) is 23.6 Å². The predicted octanol–water partition coefficient (Wildman–Crippen LogP) is 5.04. The number of aromatic amines is 1. The molecule has 12 heteroatoms. The van der Waals surface area contributed by atoms with Gasteiger partial charge in [-0.25, -0.2) is 9.29 Å². The maximum absolute atomic E-state index is 13.9. The van der Waals surface area contributed by atoms with Gasteiger partial charge in [0.1, 0.15) is 16.8 Å². The molecular formula is C28H19ClFN3O5S2. The molecule has 1 fully saturated rings. The van der Waals surface area contributed by atoms with Gasteiger partial charge in [-0.3, -0.25) is 19.2 Å². The minimum atomic E-state index is -0.902. The minimum Gasteiger partial charge on any atom is -0.483 e. The Balaban J connectivity index is 1.37. The zero-order chi connectivity index (χ0) is 28.0. The zero-order valence-corrected chi connectivity index (χ0v) is 22.8. The average Bonchev–Trinajstić information content (AvgIpc) is 3.43. The summed E-state index contributed by atoms with van der Waals surface area (Å²) < 4.78 is 19.5. The van der Waals surface area contributed by atoms with E-state index in [0.717, 1.165) is 28.0 Å². The summed E-state index contributed by atoms with van der Waals surface area (Å²) in [6, 6.07) is 18.8. The van der Waals surface area contributed by atoms with Crippen molar-refractivity contribution in [1.82, 2.24) is 4.98 Å². The number of ether oxygens (including phenoxy) is 1. The number of thioether (sulfide) groups is 1. The second kappa shape index (κ2) is 10.6. The van der Waals surface area contributed by atoms with E-state index in [2.05, 4.69) is 10.3 Å². The van der Waals surface area contributed by atoms with E-state index >= 15 is 0 Å². The van der Waals surface area contributed by atoms with Crippen molar-refractivity contribution in [3.63, 3.8) is 0 Å². The van der Waals surface area contributed by atoms with Crippen molar-refractivity contribution in [2.75, 3.05) is 16.8 Å². The molecule has 1 aromatic heterocycles. The summed E-state index contributed by atoms with van der Waals surface area (Å²) >= 11 is 8.45. The van der Waals surface area contributed by atoms with Gasteiger partial charge >= 0.3 is 4.87 Å². The van der Waals surface area contributed by atoms with Crippen LogP contribution in [-0.4, -0.2) is 34.6 Å². The van der Waals surface area contributed by atoms with Crippen LogP contribution in [0.5, 0.6) is 5.75 Å². The fourth-order valence-corrected chi connectivity index (χ4v) is 7.64. The number of nitrogens with one attached hydrogen (secondary N) is 2. The maximum Gasteiger partial charge on any atom is 0.305 e. The van der Waals surface area contributed by atoms with E-state index in [4.69, 9.17) is 16.3 Å². The lowest BCUT2D eigenvalue weighted by Crippen LogP contribution is -2.32. The van der Waals surface area contributed by atoms with Crippen molar-refractivity contribution in [3.8, 4) is 5.75 Å². The molecule has 3 amide bonds. The summed E-state index contributed by atoms with van der Waals surface area (Å²) in [5.74, 6) is -3.23. The molecule has 6 rings (SSSR count). The van der Waals surface area contributed by atoms with Gasteiger partial charge < -0.3 is 15.0 Å². The Kier molecular flexibility index (Phi) is 6.95. The smallest absolute Gasteiger partial charge is 0.305 e. The lowest BCUT2D eigenvalue weighted by atomic mass is 9.82. The van der Waals surface area contributed by atoms with Crippen molar-refractivity contribution >= 4 is 63.8 Å². The summed E-state index contributed by atoms with van der Waals surface area (Å²) in [5, 5.41) is 2.73. The van der Waals surface area contributed by atoms with E-state index in [-0.39, 0.29) is 22.9 Å². The Morgan fingerprint density at radius 1 is 1.02 bits per heavy atom. The number of carbonyl (C=O) groups is 3. The molecule has 1 saturated heterocycles. The number of H-pyrrole nitrogens is 1. The summed E-state index contributed by atoms with van der Waals surface area (Å²) in [6.07, 6.45) is 0. The molecule has 0 aliphatic carbocycles. The molecule has 202 valence electrons. The number of anilines is 2. The molecule has 0 radical (unpaired) electrons. The Bertz CT molecular complexity index is 1690. The van der Waals surface area contributed by atoms with Gasteiger partial charge in [-0.2, -0.15) is 0 Å². The number of amides is 3. The molecule has 3 aromatic carbocycles. The topological polar surface area (TPSA) is 109 Å². The van der Waals surface area contributed by atoms with Crippen LogP contribution >= 0.6 is 34.7 Å². The number of aromatic nitrogens is 1. The monoisotopic (exact) mass is 595 g/mol. The van der Waals surface area contributed by atoms with Gasteiger partial charge in [0.15, 0.2) is 6.61 Å². The molecule has 2 aliphatic heterocycles. The van der Waals surface area contributed by atoms with Crippen LogP contribution in [0.4, 0.5) is 15.8 Å². The van der Waals surface area contributed by atoms with Gasteiger partial charge in [0.25, 0.3) is 5.91 Å². The van der Waals surface area contributed by atoms with Crippen LogP contribution in [0.25, 0.3) is 0 Å². The lowest BCUT2D eigenvalue weighted by Gasteiger charge is -2.31. The average molecular weight is 596 g/mol. The molecule has 0 spiro atoms. The summed E-state index contributed by atoms with van der Waals surface area (Å²) in [6.45, 7) is -0.329. The largest absolute Gasteiger partial charge is 0.483 e. The molecule has 8 nitrogen and oxygen atoms in total. The number of thiazole rings is 1. The fraction of sp³-hybridized carbons (Fsp3) is 0.143. The van der Waals surface area contributed by atoms with Crippen LogP contribution in [0.2, 0.25) is 5.02 Å². The first-order valence-corrected chi connectivity index (χ1v) is 14.2. The Hall–Kier alpha value is -3.93. The summed E-state index contributed by atoms with van der Waals surface area (Å²) in [4.78, 5) is 56.5. The second-order valence-corrected chi connectivity index (χ2v) is 11.7. The van der Waals surface area contributed by atoms with Crippen molar-refractivity contribution in [3.05, 3.63) is 104 Å². The first kappa shape index (κ1) is 26.3. The van der Waals surface area contributed by atoms with Crippen LogP contribution in [0.1, 0.15) is 16.4 Å². The van der Waals surface area contributed by atoms with Crippen molar-refractivity contribution in [2.45, 2.75) is 16.2 Å². The molecule has 0 bridgehead atoms. The fourth-order valence-electron chi connectivity index (χ4n) is 4.95. The van der Waals surface area contributed by atoms with Crippen molar-refractivity contribution < 1.29 is 23.5 Å². The maximum atomic E-state index is 13.9. The van der Waals surface area contributed by atoms with Crippen LogP contribution in [0, 0.1) is 11.7 Å². The Morgan fingerprint density at radius 3 is 2.52 bits per heavy atom. The number of para-hydroxylation sites is 1. The normalized spacial score (nSPS) is 19.8. The molecule has 40 heavy (non-hydrogen) atoms. The van der Waals surface area contributed by atoms with E-state index in [1.54, 1.807) is 42.5 Å². The number of hydrogen-bond donors (Lipinski definition) is 2. The molecule has 0 unspecified atom stereocenters. The van der Waals surface area contributed by atoms with Crippen LogP contribution in [-0.2, 0) is 14.4 Å². The van der Waals surface area contributed by atoms with Gasteiger partial charge in [-0.1, -0.05) is 52.9 Å². The van der Waals surface area contributed by atoms with E-state index < -0.39 is 40.6 Å². The highest BCUT2D eigenvalue weighted by molar-refractivity contribution is 8.00. The van der Waals surface area contributed by atoms with Gasteiger partial charge in [-0.05, 0) is 54.6 Å². The lowest BCUT2D eigenvalue weighted by molar-refractivity contribution is -0.122. The number of rotatable bonds is 6. The van der Waals surface area contributed by atoms with Crippen molar-refractivity contribution in [2.24, 2.45) is 5.92 Å². The second-order valence-electron chi connectivity index (χ2n) is 9.12. The van der Waals surface area contributed by atoms with Crippen LogP contribution in [0.3, 0.4) is 0 Å². The molecule has 3 atom stereocenters. The standard InChI is InChI=1S/C28H19ClFN3O5S2/c29-14-6-11-19(38-13-20(34)31-16-4-2-1-3-5-16)18(12-14)21-22-24(39-25-23(21)40-28(37)32-25)27(36)33(26(22)35)17-9-7-15(30)8-10-17/h1-12,21-22,24H,13H2,(H,31,34)(H,32,37)/t21-,22-,24+/m0/s1. The van der Waals surface area contributed by atoms with E-state index in [1.807, 2.05) is 6.07 Å². The van der Waals surface area contributed by atoms with E-state index in [1.165, 1.54) is 24.3 Å². The number of halogens is 2. The molecule has 4 aromatic rings. The highest BCUT2D eigenvalue weighted by Gasteiger charge is 2.56. The molecule has 0 saturated carbocycles. The first-order chi connectivity index (χ1) is 19.3. The highest BCUT2D eigenvalue weighted by Crippen LogP contribution is 2.54. The number of carbonyl (C=O) groups excluding carboxylic acids is 3. The molecule has 3 heterocycles. The number of benzene rings is 3. The van der Waals surface area contributed by atoms with Crippen LogP contribution < -0.4 is 19.8 Å². The summed E-state index contributed by atoms with van der Waals surface area (Å²) in [7, 11) is 0.